The molecular formula is C54H40N2O6. The van der Waals surface area contributed by atoms with Crippen LogP contribution in [0.2, 0.25) is 0 Å². The SMILES string of the molecule is COc1ccc(N(c2ccccc2)c2cc3oc4ccc5oc6cc(N(c7ccccc7)c7ccc(OC)c(OC)c7)c7ccccc7c6c5c4c3c3ccccc23)cc1OC. The van der Waals surface area contributed by atoms with E-state index in [2.05, 4.69) is 131 Å². The average Bonchev–Trinajstić information content (AvgIpc) is 3.90. The topological polar surface area (TPSA) is 69.7 Å². The smallest absolute Gasteiger partial charge is 0.162 e. The fourth-order valence-corrected chi connectivity index (χ4v) is 9.11. The number of nitrogens with zero attached hydrogens (tertiary/aromatic N) is 2. The van der Waals surface area contributed by atoms with Gasteiger partial charge in [0, 0.05) is 68.0 Å². The van der Waals surface area contributed by atoms with Gasteiger partial charge in [-0.15, -0.1) is 0 Å². The molecule has 302 valence electrons. The monoisotopic (exact) mass is 812 g/mol. The third kappa shape index (κ3) is 5.75. The Labute approximate surface area is 357 Å². The maximum absolute atomic E-state index is 6.92. The molecule has 0 amide bonds. The molecule has 0 saturated carbocycles. The number of benzene rings is 9. The normalized spacial score (nSPS) is 11.5. The van der Waals surface area contributed by atoms with E-state index in [9.17, 15) is 0 Å². The van der Waals surface area contributed by atoms with Gasteiger partial charge in [0.25, 0.3) is 0 Å². The van der Waals surface area contributed by atoms with Gasteiger partial charge in [-0.3, -0.25) is 0 Å². The second kappa shape index (κ2) is 14.9. The molecule has 0 atom stereocenters. The van der Waals surface area contributed by atoms with E-state index in [4.69, 9.17) is 27.8 Å². The first kappa shape index (κ1) is 36.9. The Morgan fingerprint density at radius 2 is 0.677 bits per heavy atom. The maximum atomic E-state index is 6.92. The molecule has 0 bridgehead atoms. The van der Waals surface area contributed by atoms with E-state index in [1.165, 1.54) is 0 Å². The van der Waals surface area contributed by atoms with Crippen molar-refractivity contribution in [2.45, 2.75) is 0 Å². The van der Waals surface area contributed by atoms with Gasteiger partial charge >= 0.3 is 0 Å². The maximum Gasteiger partial charge on any atom is 0.162 e. The van der Waals surface area contributed by atoms with Crippen molar-refractivity contribution >= 4 is 99.5 Å². The van der Waals surface area contributed by atoms with Gasteiger partial charge in [-0.25, -0.2) is 0 Å². The number of methoxy groups -OCH3 is 4. The van der Waals surface area contributed by atoms with Crippen LogP contribution in [0.25, 0.3) is 65.4 Å². The van der Waals surface area contributed by atoms with Crippen molar-refractivity contribution < 1.29 is 27.8 Å². The van der Waals surface area contributed by atoms with E-state index in [0.29, 0.717) is 23.0 Å². The van der Waals surface area contributed by atoms with Gasteiger partial charge in [0.05, 0.1) is 51.2 Å². The zero-order valence-electron chi connectivity index (χ0n) is 34.5. The highest BCUT2D eigenvalue weighted by Crippen LogP contribution is 2.51. The van der Waals surface area contributed by atoms with Crippen LogP contribution in [0.3, 0.4) is 0 Å². The molecule has 0 aliphatic rings. The highest BCUT2D eigenvalue weighted by Gasteiger charge is 2.26. The largest absolute Gasteiger partial charge is 0.493 e. The number of rotatable bonds is 10. The quantitative estimate of drug-likeness (QED) is 0.135. The van der Waals surface area contributed by atoms with Crippen LogP contribution in [-0.4, -0.2) is 28.4 Å². The average molecular weight is 813 g/mol. The van der Waals surface area contributed by atoms with Crippen LogP contribution in [-0.2, 0) is 0 Å². The minimum absolute atomic E-state index is 0.639. The van der Waals surface area contributed by atoms with Crippen molar-refractivity contribution in [3.8, 4) is 23.0 Å². The minimum atomic E-state index is 0.639. The van der Waals surface area contributed by atoms with Gasteiger partial charge in [0.1, 0.15) is 22.3 Å². The zero-order valence-corrected chi connectivity index (χ0v) is 34.5. The molecular weight excluding hydrogens is 773 g/mol. The van der Waals surface area contributed by atoms with Gasteiger partial charge in [0.2, 0.25) is 0 Å². The Morgan fingerprint density at radius 3 is 1.06 bits per heavy atom. The second-order valence-corrected chi connectivity index (χ2v) is 15.1. The summed E-state index contributed by atoms with van der Waals surface area (Å²) in [5.74, 6) is 2.60. The molecule has 0 spiro atoms. The lowest BCUT2D eigenvalue weighted by Crippen LogP contribution is -2.11. The van der Waals surface area contributed by atoms with Crippen LogP contribution in [0.15, 0.2) is 179 Å². The van der Waals surface area contributed by atoms with Crippen LogP contribution in [0.1, 0.15) is 0 Å². The Balaban J connectivity index is 1.19. The van der Waals surface area contributed by atoms with Gasteiger partial charge in [-0.1, -0.05) is 84.9 Å². The molecule has 11 aromatic rings. The Morgan fingerprint density at radius 1 is 0.306 bits per heavy atom. The van der Waals surface area contributed by atoms with E-state index in [0.717, 1.165) is 99.5 Å². The van der Waals surface area contributed by atoms with Crippen LogP contribution in [0, 0.1) is 0 Å². The third-order valence-corrected chi connectivity index (χ3v) is 11.8. The van der Waals surface area contributed by atoms with Gasteiger partial charge in [0.15, 0.2) is 23.0 Å². The van der Waals surface area contributed by atoms with E-state index in [1.807, 2.05) is 48.5 Å². The number of fused-ring (bicyclic) bond motifs is 11. The lowest BCUT2D eigenvalue weighted by molar-refractivity contribution is 0.355. The molecule has 2 heterocycles. The minimum Gasteiger partial charge on any atom is -0.493 e. The standard InChI is InChI=1S/C54H40N2O6/c1-57-43-25-23-35(29-47(43)59-3)55(33-15-7-5-8-16-33)41-31-49-51(39-21-13-11-19-37(39)41)53-45(61-49)27-28-46-54(53)52-40-22-14-12-20-38(40)42(32-50(52)62-46)56(34-17-9-6-10-18-34)36-24-26-44(58-2)48(30-36)60-4/h5-32H,1-4H3. The number of furan rings is 2. The molecule has 8 heteroatoms. The summed E-state index contributed by atoms with van der Waals surface area (Å²) in [6.07, 6.45) is 0. The van der Waals surface area contributed by atoms with E-state index >= 15 is 0 Å². The third-order valence-electron chi connectivity index (χ3n) is 11.8. The fraction of sp³-hybridized carbons (Fsp3) is 0.0741. The first-order chi connectivity index (χ1) is 30.6. The Hall–Kier alpha value is -8.10. The molecule has 0 aliphatic carbocycles. The Kier molecular flexibility index (Phi) is 8.86. The van der Waals surface area contributed by atoms with Crippen molar-refractivity contribution in [2.75, 3.05) is 38.2 Å². The highest BCUT2D eigenvalue weighted by molar-refractivity contribution is 6.35. The molecule has 9 aromatic carbocycles. The molecule has 8 nitrogen and oxygen atoms in total. The molecule has 62 heavy (non-hydrogen) atoms. The van der Waals surface area contributed by atoms with Crippen LogP contribution in [0.5, 0.6) is 23.0 Å². The summed E-state index contributed by atoms with van der Waals surface area (Å²) in [6, 6.07) is 58.2. The highest BCUT2D eigenvalue weighted by atomic mass is 16.5. The van der Waals surface area contributed by atoms with Crippen molar-refractivity contribution in [1.82, 2.24) is 0 Å². The summed E-state index contributed by atoms with van der Waals surface area (Å²) >= 11 is 0. The van der Waals surface area contributed by atoms with Crippen LogP contribution in [0.4, 0.5) is 34.1 Å². The van der Waals surface area contributed by atoms with Crippen molar-refractivity contribution in [3.05, 3.63) is 170 Å². The number of hydrogen-bond donors (Lipinski definition) is 0. The molecule has 0 radical (unpaired) electrons. The first-order valence-electron chi connectivity index (χ1n) is 20.4. The summed E-state index contributed by atoms with van der Waals surface area (Å²) in [4.78, 5) is 4.48. The molecule has 0 fully saturated rings. The number of ether oxygens (including phenoxy) is 4. The van der Waals surface area contributed by atoms with Gasteiger partial charge in [-0.05, 0) is 71.4 Å². The lowest BCUT2D eigenvalue weighted by Gasteiger charge is -2.27. The number of anilines is 6. The summed E-state index contributed by atoms with van der Waals surface area (Å²) in [5.41, 5.74) is 8.82. The molecule has 0 N–H and O–H groups in total. The van der Waals surface area contributed by atoms with E-state index < -0.39 is 0 Å². The van der Waals surface area contributed by atoms with Crippen molar-refractivity contribution in [2.24, 2.45) is 0 Å². The van der Waals surface area contributed by atoms with Crippen molar-refractivity contribution in [1.29, 1.82) is 0 Å². The summed E-state index contributed by atoms with van der Waals surface area (Å²) < 4.78 is 36.7. The zero-order chi connectivity index (χ0) is 41.9. The predicted octanol–water partition coefficient (Wildman–Crippen LogP) is 14.8. The number of para-hydroxylation sites is 2. The predicted molar refractivity (Wildman–Crippen MR) is 252 cm³/mol. The second-order valence-electron chi connectivity index (χ2n) is 15.1. The Bertz CT molecular complexity index is 3250. The van der Waals surface area contributed by atoms with Crippen LogP contribution < -0.4 is 28.7 Å². The van der Waals surface area contributed by atoms with Gasteiger partial charge < -0.3 is 37.6 Å². The molecule has 11 rings (SSSR count). The molecule has 2 aromatic heterocycles. The van der Waals surface area contributed by atoms with E-state index in [1.54, 1.807) is 28.4 Å². The van der Waals surface area contributed by atoms with Crippen molar-refractivity contribution in [3.63, 3.8) is 0 Å². The molecule has 0 saturated heterocycles. The molecule has 0 unspecified atom stereocenters. The van der Waals surface area contributed by atoms with E-state index in [-0.39, 0.29) is 0 Å². The summed E-state index contributed by atoms with van der Waals surface area (Å²) in [5, 5.41) is 8.31. The number of hydrogen-bond acceptors (Lipinski definition) is 8. The first-order valence-corrected chi connectivity index (χ1v) is 20.4. The lowest BCUT2D eigenvalue weighted by atomic mass is 9.96. The summed E-state index contributed by atoms with van der Waals surface area (Å²) in [7, 11) is 6.62. The summed E-state index contributed by atoms with van der Waals surface area (Å²) in [6.45, 7) is 0. The molecule has 0 aliphatic heterocycles. The van der Waals surface area contributed by atoms with Gasteiger partial charge in [-0.2, -0.15) is 0 Å². The van der Waals surface area contributed by atoms with Crippen LogP contribution >= 0.6 is 0 Å². The fourth-order valence-electron chi connectivity index (χ4n) is 9.11.